The van der Waals surface area contributed by atoms with E-state index >= 15 is 0 Å². The largest absolute Gasteiger partial charge is 0.265 e. The smallest absolute Gasteiger partial charge is 0.119 e. The van der Waals surface area contributed by atoms with Gasteiger partial charge in [-0.3, -0.25) is 4.98 Å². The summed E-state index contributed by atoms with van der Waals surface area (Å²) >= 11 is 1.49. The van der Waals surface area contributed by atoms with Crippen LogP contribution in [-0.2, 0) is 0 Å². The van der Waals surface area contributed by atoms with Gasteiger partial charge in [-0.05, 0) is 37.6 Å². The molecular weight excluding hydrogens is 230 g/mol. The molecule has 4 heteroatoms. The van der Waals surface area contributed by atoms with Crippen LogP contribution in [-0.4, -0.2) is 9.97 Å². The van der Waals surface area contributed by atoms with Gasteiger partial charge in [-0.15, -0.1) is 0 Å². The van der Waals surface area contributed by atoms with Crippen molar-refractivity contribution >= 4 is 11.8 Å². The van der Waals surface area contributed by atoms with Gasteiger partial charge in [0.1, 0.15) is 11.1 Å². The number of nitriles is 1. The first-order valence-electron chi connectivity index (χ1n) is 5.17. The number of rotatable bonds is 2. The Labute approximate surface area is 105 Å². The maximum atomic E-state index is 9.15. The lowest BCUT2D eigenvalue weighted by Gasteiger charge is -2.06. The third-order valence-electron chi connectivity index (χ3n) is 2.29. The zero-order chi connectivity index (χ0) is 12.3. The van der Waals surface area contributed by atoms with Crippen LogP contribution in [0.15, 0.2) is 40.5 Å². The van der Waals surface area contributed by atoms with Gasteiger partial charge in [-0.25, -0.2) is 4.98 Å². The first kappa shape index (κ1) is 11.6. The van der Waals surface area contributed by atoms with Crippen LogP contribution < -0.4 is 0 Å². The fourth-order valence-corrected chi connectivity index (χ4v) is 2.51. The molecule has 17 heavy (non-hydrogen) atoms. The van der Waals surface area contributed by atoms with Crippen molar-refractivity contribution in [3.63, 3.8) is 0 Å². The summed E-state index contributed by atoms with van der Waals surface area (Å²) in [4.78, 5) is 9.42. The Morgan fingerprint density at radius 3 is 2.59 bits per heavy atom. The molecule has 0 spiro atoms. The standard InChI is InChI=1S/C13H11N3S/c1-9-7-10(2)16-13(12(9)8-14)17-11-3-5-15-6-4-11/h3-7H,1-2H3. The quantitative estimate of drug-likeness (QED) is 0.810. The summed E-state index contributed by atoms with van der Waals surface area (Å²) in [5.41, 5.74) is 2.55. The van der Waals surface area contributed by atoms with Gasteiger partial charge in [0, 0.05) is 23.0 Å². The lowest BCUT2D eigenvalue weighted by molar-refractivity contribution is 1.03. The van der Waals surface area contributed by atoms with Crippen LogP contribution in [0.3, 0.4) is 0 Å². The number of pyridine rings is 2. The van der Waals surface area contributed by atoms with Crippen molar-refractivity contribution in [2.24, 2.45) is 0 Å². The Hall–Kier alpha value is -1.86. The van der Waals surface area contributed by atoms with Crippen molar-refractivity contribution in [3.8, 4) is 6.07 Å². The van der Waals surface area contributed by atoms with E-state index in [2.05, 4.69) is 16.0 Å². The molecule has 0 aliphatic heterocycles. The van der Waals surface area contributed by atoms with Crippen molar-refractivity contribution in [2.75, 3.05) is 0 Å². The molecule has 0 unspecified atom stereocenters. The number of aryl methyl sites for hydroxylation is 2. The summed E-state index contributed by atoms with van der Waals surface area (Å²) in [6.07, 6.45) is 3.47. The van der Waals surface area contributed by atoms with Crippen molar-refractivity contribution in [2.45, 2.75) is 23.8 Å². The number of nitrogens with zero attached hydrogens (tertiary/aromatic N) is 3. The minimum atomic E-state index is 0.650. The molecule has 0 radical (unpaired) electrons. The van der Waals surface area contributed by atoms with E-state index in [0.29, 0.717) is 5.56 Å². The number of hydrogen-bond acceptors (Lipinski definition) is 4. The lowest BCUT2D eigenvalue weighted by Crippen LogP contribution is -1.94. The molecule has 0 aliphatic carbocycles. The number of aromatic nitrogens is 2. The fraction of sp³-hybridized carbons (Fsp3) is 0.154. The number of hydrogen-bond donors (Lipinski definition) is 0. The van der Waals surface area contributed by atoms with E-state index in [9.17, 15) is 0 Å². The second-order valence-electron chi connectivity index (χ2n) is 3.66. The summed E-state index contributed by atoms with van der Waals surface area (Å²) in [6.45, 7) is 3.87. The normalized spacial score (nSPS) is 9.94. The van der Waals surface area contributed by atoms with Gasteiger partial charge in [0.15, 0.2) is 0 Å². The van der Waals surface area contributed by atoms with Crippen LogP contribution >= 0.6 is 11.8 Å². The van der Waals surface area contributed by atoms with Crippen LogP contribution in [0.5, 0.6) is 0 Å². The minimum Gasteiger partial charge on any atom is -0.265 e. The van der Waals surface area contributed by atoms with Gasteiger partial charge in [0.25, 0.3) is 0 Å². The fourth-order valence-electron chi connectivity index (χ4n) is 1.53. The molecule has 0 amide bonds. The monoisotopic (exact) mass is 241 g/mol. The molecule has 3 nitrogen and oxygen atoms in total. The van der Waals surface area contributed by atoms with Gasteiger partial charge in [0.2, 0.25) is 0 Å². The molecule has 84 valence electrons. The third-order valence-corrected chi connectivity index (χ3v) is 3.28. The maximum Gasteiger partial charge on any atom is 0.119 e. The van der Waals surface area contributed by atoms with E-state index in [1.54, 1.807) is 12.4 Å². The Balaban J connectivity index is 2.43. The highest BCUT2D eigenvalue weighted by atomic mass is 32.2. The first-order chi connectivity index (χ1) is 8.20. The third kappa shape index (κ3) is 2.63. The molecule has 0 bridgehead atoms. The van der Waals surface area contributed by atoms with Crippen LogP contribution in [0.4, 0.5) is 0 Å². The average molecular weight is 241 g/mol. The van der Waals surface area contributed by atoms with Gasteiger partial charge in [-0.1, -0.05) is 11.8 Å². The first-order valence-corrected chi connectivity index (χ1v) is 5.98. The Morgan fingerprint density at radius 1 is 1.24 bits per heavy atom. The van der Waals surface area contributed by atoms with Crippen molar-refractivity contribution < 1.29 is 0 Å². The van der Waals surface area contributed by atoms with E-state index in [1.807, 2.05) is 32.0 Å². The molecule has 2 heterocycles. The Kier molecular flexibility index (Phi) is 3.40. The van der Waals surface area contributed by atoms with Gasteiger partial charge in [0.05, 0.1) is 5.56 Å². The van der Waals surface area contributed by atoms with Crippen LogP contribution in [0.25, 0.3) is 0 Å². The highest BCUT2D eigenvalue weighted by molar-refractivity contribution is 7.99. The van der Waals surface area contributed by atoms with E-state index in [4.69, 9.17) is 5.26 Å². The highest BCUT2D eigenvalue weighted by Crippen LogP contribution is 2.29. The molecule has 0 saturated carbocycles. The van der Waals surface area contributed by atoms with Gasteiger partial charge in [-0.2, -0.15) is 5.26 Å². The van der Waals surface area contributed by atoms with E-state index in [1.165, 1.54) is 11.8 Å². The molecule has 0 aliphatic rings. The van der Waals surface area contributed by atoms with Crippen LogP contribution in [0.2, 0.25) is 0 Å². The minimum absolute atomic E-state index is 0.650. The van der Waals surface area contributed by atoms with Gasteiger partial charge < -0.3 is 0 Å². The SMILES string of the molecule is Cc1cc(C)c(C#N)c(Sc2ccncc2)n1. The zero-order valence-corrected chi connectivity index (χ0v) is 10.5. The topological polar surface area (TPSA) is 49.6 Å². The van der Waals surface area contributed by atoms with E-state index in [0.717, 1.165) is 21.2 Å². The Morgan fingerprint density at radius 2 is 1.94 bits per heavy atom. The predicted molar refractivity (Wildman–Crippen MR) is 66.8 cm³/mol. The Bertz CT molecular complexity index is 573. The molecule has 0 fully saturated rings. The summed E-state index contributed by atoms with van der Waals surface area (Å²) in [5, 5.41) is 9.91. The molecule has 0 atom stereocenters. The average Bonchev–Trinajstić information content (AvgIpc) is 2.30. The highest BCUT2D eigenvalue weighted by Gasteiger charge is 2.09. The molecule has 0 N–H and O–H groups in total. The molecule has 2 aromatic rings. The second-order valence-corrected chi connectivity index (χ2v) is 4.72. The van der Waals surface area contributed by atoms with Crippen molar-refractivity contribution in [3.05, 3.63) is 47.4 Å². The predicted octanol–water partition coefficient (Wildman–Crippen LogP) is 3.12. The zero-order valence-electron chi connectivity index (χ0n) is 9.64. The second kappa shape index (κ2) is 4.98. The molecule has 0 aromatic carbocycles. The summed E-state index contributed by atoms with van der Waals surface area (Å²) in [6, 6.07) is 7.95. The van der Waals surface area contributed by atoms with E-state index < -0.39 is 0 Å². The molecule has 2 rings (SSSR count). The molecular formula is C13H11N3S. The molecule has 0 saturated heterocycles. The van der Waals surface area contributed by atoms with E-state index in [-0.39, 0.29) is 0 Å². The maximum absolute atomic E-state index is 9.15. The van der Waals surface area contributed by atoms with Gasteiger partial charge >= 0.3 is 0 Å². The summed E-state index contributed by atoms with van der Waals surface area (Å²) in [5.74, 6) is 0. The lowest BCUT2D eigenvalue weighted by atomic mass is 10.1. The van der Waals surface area contributed by atoms with Crippen molar-refractivity contribution in [1.29, 1.82) is 5.26 Å². The van der Waals surface area contributed by atoms with Crippen molar-refractivity contribution in [1.82, 2.24) is 9.97 Å². The van der Waals surface area contributed by atoms with Crippen LogP contribution in [0.1, 0.15) is 16.8 Å². The summed E-state index contributed by atoms with van der Waals surface area (Å²) in [7, 11) is 0. The van der Waals surface area contributed by atoms with Crippen LogP contribution in [0, 0.1) is 25.2 Å². The molecule has 2 aromatic heterocycles. The summed E-state index contributed by atoms with van der Waals surface area (Å²) < 4.78 is 0.